The number of carbonyl (C=O) groups is 2. The number of nitrogens with one attached hydrogen (secondary N) is 2. The van der Waals surface area contributed by atoms with Crippen LogP contribution in [-0.2, 0) is 4.79 Å². The van der Waals surface area contributed by atoms with Gasteiger partial charge in [-0.05, 0) is 74.4 Å². The number of aromatic nitrogens is 1. The molecule has 0 spiro atoms. The van der Waals surface area contributed by atoms with Gasteiger partial charge in [0.1, 0.15) is 5.75 Å². The van der Waals surface area contributed by atoms with E-state index in [9.17, 15) is 9.59 Å². The average Bonchev–Trinajstić information content (AvgIpc) is 2.79. The maximum atomic E-state index is 12.6. The highest BCUT2D eigenvalue weighted by molar-refractivity contribution is 6.30. The van der Waals surface area contributed by atoms with Crippen LogP contribution in [0.3, 0.4) is 0 Å². The first-order valence-electron chi connectivity index (χ1n) is 9.92. The zero-order valence-electron chi connectivity index (χ0n) is 17.9. The first kappa shape index (κ1) is 23.0. The van der Waals surface area contributed by atoms with Crippen LogP contribution in [0.15, 0.2) is 72.1 Å². The van der Waals surface area contributed by atoms with Crippen molar-refractivity contribution in [3.63, 3.8) is 0 Å². The molecule has 0 unspecified atom stereocenters. The SMILES string of the molecule is C/C(=N/NC(=O)c1ccncc1)c1cccc(NC(=O)[C@H](C)Oc2ccc(Cl)cc2C)c1. The minimum absolute atomic E-state index is 0.294. The second kappa shape index (κ2) is 10.5. The fourth-order valence-electron chi connectivity index (χ4n) is 2.82. The van der Waals surface area contributed by atoms with Crippen molar-refractivity contribution in [1.29, 1.82) is 0 Å². The lowest BCUT2D eigenvalue weighted by Gasteiger charge is -2.16. The van der Waals surface area contributed by atoms with Crippen LogP contribution in [0.5, 0.6) is 5.75 Å². The van der Waals surface area contributed by atoms with E-state index in [0.29, 0.717) is 27.7 Å². The number of amides is 2. The summed E-state index contributed by atoms with van der Waals surface area (Å²) in [6, 6.07) is 15.6. The molecule has 1 atom stereocenters. The molecule has 2 aromatic carbocycles. The highest BCUT2D eigenvalue weighted by Gasteiger charge is 2.16. The lowest BCUT2D eigenvalue weighted by Crippen LogP contribution is -2.30. The smallest absolute Gasteiger partial charge is 0.271 e. The van der Waals surface area contributed by atoms with E-state index in [2.05, 4.69) is 20.8 Å². The number of nitrogens with zero attached hydrogens (tertiary/aromatic N) is 2. The molecule has 2 N–H and O–H groups in total. The Morgan fingerprint density at radius 2 is 1.81 bits per heavy atom. The normalized spacial score (nSPS) is 12.1. The van der Waals surface area contributed by atoms with Crippen LogP contribution in [0, 0.1) is 6.92 Å². The average molecular weight is 451 g/mol. The molecule has 7 nitrogen and oxygen atoms in total. The number of hydrazone groups is 1. The summed E-state index contributed by atoms with van der Waals surface area (Å²) in [4.78, 5) is 28.6. The van der Waals surface area contributed by atoms with Crippen molar-refractivity contribution in [2.75, 3.05) is 5.32 Å². The van der Waals surface area contributed by atoms with Gasteiger partial charge in [-0.3, -0.25) is 14.6 Å². The highest BCUT2D eigenvalue weighted by Crippen LogP contribution is 2.23. The lowest BCUT2D eigenvalue weighted by atomic mass is 10.1. The van der Waals surface area contributed by atoms with Crippen LogP contribution in [0.25, 0.3) is 0 Å². The third-order valence-corrected chi connectivity index (χ3v) is 4.86. The van der Waals surface area contributed by atoms with Crippen LogP contribution in [0.2, 0.25) is 5.02 Å². The molecule has 0 bridgehead atoms. The third-order valence-electron chi connectivity index (χ3n) is 4.63. The number of hydrogen-bond donors (Lipinski definition) is 2. The van der Waals surface area contributed by atoms with Crippen molar-refractivity contribution in [1.82, 2.24) is 10.4 Å². The standard InChI is InChI=1S/C24H23ClN4O3/c1-15-13-20(25)7-8-22(15)32-17(3)23(30)27-21-6-4-5-19(14-21)16(2)28-29-24(31)18-9-11-26-12-10-18/h4-14,17H,1-3H3,(H,27,30)(H,29,31)/b28-16-/t17-/m0/s1. The fraction of sp³-hybridized carbons (Fsp3) is 0.167. The number of anilines is 1. The number of rotatable bonds is 7. The molecule has 0 saturated heterocycles. The first-order chi connectivity index (χ1) is 15.3. The summed E-state index contributed by atoms with van der Waals surface area (Å²) < 4.78 is 5.77. The van der Waals surface area contributed by atoms with E-state index in [1.807, 2.05) is 13.0 Å². The molecule has 0 aliphatic carbocycles. The number of halogens is 1. The molecule has 0 fully saturated rings. The highest BCUT2D eigenvalue weighted by atomic mass is 35.5. The van der Waals surface area contributed by atoms with Crippen LogP contribution in [0.1, 0.15) is 35.3 Å². The lowest BCUT2D eigenvalue weighted by molar-refractivity contribution is -0.122. The molecule has 1 heterocycles. The van der Waals surface area contributed by atoms with Gasteiger partial charge in [-0.2, -0.15) is 5.10 Å². The second-order valence-corrected chi connectivity index (χ2v) is 7.55. The number of pyridine rings is 1. The van der Waals surface area contributed by atoms with E-state index in [0.717, 1.165) is 11.1 Å². The van der Waals surface area contributed by atoms with E-state index >= 15 is 0 Å². The predicted molar refractivity (Wildman–Crippen MR) is 125 cm³/mol. The van der Waals surface area contributed by atoms with Crippen molar-refractivity contribution in [2.45, 2.75) is 26.9 Å². The monoisotopic (exact) mass is 450 g/mol. The zero-order valence-corrected chi connectivity index (χ0v) is 18.7. The quantitative estimate of drug-likeness (QED) is 0.406. The number of carbonyl (C=O) groups excluding carboxylic acids is 2. The topological polar surface area (TPSA) is 92.7 Å². The molecule has 164 valence electrons. The Morgan fingerprint density at radius 3 is 2.53 bits per heavy atom. The van der Waals surface area contributed by atoms with Crippen LogP contribution >= 0.6 is 11.6 Å². The Kier molecular flexibility index (Phi) is 7.57. The molecule has 3 rings (SSSR count). The van der Waals surface area contributed by atoms with Crippen molar-refractivity contribution < 1.29 is 14.3 Å². The van der Waals surface area contributed by atoms with Crippen molar-refractivity contribution >= 4 is 34.8 Å². The van der Waals surface area contributed by atoms with Crippen molar-refractivity contribution in [3.8, 4) is 5.75 Å². The van der Waals surface area contributed by atoms with Gasteiger partial charge >= 0.3 is 0 Å². The van der Waals surface area contributed by atoms with E-state index < -0.39 is 6.10 Å². The molecule has 0 aliphatic rings. The number of benzene rings is 2. The molecular formula is C24H23ClN4O3. The molecule has 1 aromatic heterocycles. The van der Waals surface area contributed by atoms with E-state index in [1.54, 1.807) is 62.4 Å². The molecule has 0 radical (unpaired) electrons. The van der Waals surface area contributed by atoms with E-state index in [-0.39, 0.29) is 11.8 Å². The molecular weight excluding hydrogens is 428 g/mol. The fourth-order valence-corrected chi connectivity index (χ4v) is 3.05. The Hall–Kier alpha value is -3.71. The maximum Gasteiger partial charge on any atom is 0.271 e. The Morgan fingerprint density at radius 1 is 1.06 bits per heavy atom. The summed E-state index contributed by atoms with van der Waals surface area (Å²) >= 11 is 5.96. The van der Waals surface area contributed by atoms with Crippen molar-refractivity contribution in [2.24, 2.45) is 5.10 Å². The zero-order chi connectivity index (χ0) is 23.1. The van der Waals surface area contributed by atoms with E-state index in [1.165, 1.54) is 12.4 Å². The summed E-state index contributed by atoms with van der Waals surface area (Å²) in [6.07, 6.45) is 2.36. The number of ether oxygens (including phenoxy) is 1. The molecule has 8 heteroatoms. The van der Waals surface area contributed by atoms with Gasteiger partial charge in [0, 0.05) is 28.7 Å². The predicted octanol–water partition coefficient (Wildman–Crippen LogP) is 4.60. The largest absolute Gasteiger partial charge is 0.481 e. The molecule has 32 heavy (non-hydrogen) atoms. The number of aryl methyl sites for hydroxylation is 1. The van der Waals surface area contributed by atoms with Crippen LogP contribution in [0.4, 0.5) is 5.69 Å². The molecule has 0 aliphatic heterocycles. The molecule has 3 aromatic rings. The second-order valence-electron chi connectivity index (χ2n) is 7.11. The van der Waals surface area contributed by atoms with Gasteiger partial charge in [-0.25, -0.2) is 5.43 Å². The van der Waals surface area contributed by atoms with E-state index in [4.69, 9.17) is 16.3 Å². The summed E-state index contributed by atoms with van der Waals surface area (Å²) in [5, 5.41) is 7.60. The van der Waals surface area contributed by atoms with Crippen LogP contribution < -0.4 is 15.5 Å². The minimum Gasteiger partial charge on any atom is -0.481 e. The number of hydrogen-bond acceptors (Lipinski definition) is 5. The van der Waals surface area contributed by atoms with Crippen LogP contribution in [-0.4, -0.2) is 28.6 Å². The maximum absolute atomic E-state index is 12.6. The Labute approximate surface area is 191 Å². The van der Waals surface area contributed by atoms with Gasteiger partial charge in [0.2, 0.25) is 0 Å². The summed E-state index contributed by atoms with van der Waals surface area (Å²) in [5.41, 5.74) is 5.75. The molecule has 2 amide bonds. The van der Waals surface area contributed by atoms with Crippen molar-refractivity contribution in [3.05, 3.63) is 88.7 Å². The summed E-state index contributed by atoms with van der Waals surface area (Å²) in [5.74, 6) is -0.0320. The van der Waals surface area contributed by atoms with Gasteiger partial charge in [0.25, 0.3) is 11.8 Å². The van der Waals surface area contributed by atoms with Gasteiger partial charge in [0.05, 0.1) is 5.71 Å². The van der Waals surface area contributed by atoms with Gasteiger partial charge in [-0.1, -0.05) is 23.7 Å². The van der Waals surface area contributed by atoms with Gasteiger partial charge in [0.15, 0.2) is 6.10 Å². The van der Waals surface area contributed by atoms with Gasteiger partial charge < -0.3 is 10.1 Å². The third kappa shape index (κ3) is 6.15. The minimum atomic E-state index is -0.715. The first-order valence-corrected chi connectivity index (χ1v) is 10.3. The Balaban J connectivity index is 1.63. The summed E-state index contributed by atoms with van der Waals surface area (Å²) in [6.45, 7) is 5.31. The Bertz CT molecular complexity index is 1150. The van der Waals surface area contributed by atoms with Gasteiger partial charge in [-0.15, -0.1) is 0 Å². The summed E-state index contributed by atoms with van der Waals surface area (Å²) in [7, 11) is 0. The molecule has 0 saturated carbocycles.